The lowest BCUT2D eigenvalue weighted by atomic mass is 9.80. The van der Waals surface area contributed by atoms with Crippen LogP contribution in [0.15, 0.2) is 30.3 Å². The molecular weight excluding hydrogens is 538 g/mol. The van der Waals surface area contributed by atoms with Crippen LogP contribution in [0.25, 0.3) is 0 Å². The number of carbonyl (C=O) groups is 1. The molecule has 40 heavy (non-hydrogen) atoms. The predicted octanol–water partition coefficient (Wildman–Crippen LogP) is 6.36. The summed E-state index contributed by atoms with van der Waals surface area (Å²) in [6, 6.07) is 5.37. The van der Waals surface area contributed by atoms with E-state index in [-0.39, 0.29) is 23.6 Å². The van der Waals surface area contributed by atoms with Gasteiger partial charge in [-0.2, -0.15) is 26.3 Å². The minimum Gasteiger partial charge on any atom is -0.496 e. The molecule has 1 N–H and O–H groups in total. The summed E-state index contributed by atoms with van der Waals surface area (Å²) >= 11 is 0. The number of amides is 1. The molecule has 1 amide bonds. The maximum absolute atomic E-state index is 13.6. The molecule has 2 aliphatic heterocycles. The van der Waals surface area contributed by atoms with Gasteiger partial charge < -0.3 is 14.8 Å². The number of nitrogens with one attached hydrogen (secondary N) is 1. The van der Waals surface area contributed by atoms with Crippen molar-refractivity contribution in [2.24, 2.45) is 11.3 Å². The lowest BCUT2D eigenvalue weighted by Crippen LogP contribution is -2.43. The highest BCUT2D eigenvalue weighted by Crippen LogP contribution is 2.46. The molecule has 2 heterocycles. The average Bonchev–Trinajstić information content (AvgIpc) is 3.47. The van der Waals surface area contributed by atoms with Crippen LogP contribution in [0.1, 0.15) is 60.4 Å². The maximum Gasteiger partial charge on any atom is 0.416 e. The van der Waals surface area contributed by atoms with E-state index in [9.17, 15) is 31.1 Å². The number of ether oxygens (including phenoxy) is 2. The summed E-state index contributed by atoms with van der Waals surface area (Å²) in [5, 5.41) is 2.67. The van der Waals surface area contributed by atoms with Crippen molar-refractivity contribution in [2.45, 2.75) is 70.6 Å². The van der Waals surface area contributed by atoms with Gasteiger partial charge in [0, 0.05) is 37.2 Å². The summed E-state index contributed by atoms with van der Waals surface area (Å²) in [4.78, 5) is 15.7. The first-order valence-electron chi connectivity index (χ1n) is 13.4. The van der Waals surface area contributed by atoms with Gasteiger partial charge in [0.2, 0.25) is 5.91 Å². The highest BCUT2D eigenvalue weighted by molar-refractivity contribution is 5.83. The molecule has 3 aliphatic rings. The number of rotatable bonds is 8. The molecule has 1 saturated heterocycles. The Kier molecular flexibility index (Phi) is 7.48. The Labute approximate surface area is 228 Å². The van der Waals surface area contributed by atoms with Gasteiger partial charge in [-0.15, -0.1) is 0 Å². The smallest absolute Gasteiger partial charge is 0.416 e. The van der Waals surface area contributed by atoms with Crippen molar-refractivity contribution in [2.75, 3.05) is 20.2 Å². The highest BCUT2D eigenvalue weighted by Gasteiger charge is 2.47. The van der Waals surface area contributed by atoms with E-state index >= 15 is 0 Å². The molecule has 2 aromatic rings. The van der Waals surface area contributed by atoms with Crippen LogP contribution in [0.5, 0.6) is 11.5 Å². The number of hydrogen-bond acceptors (Lipinski definition) is 4. The fourth-order valence-corrected chi connectivity index (χ4v) is 5.94. The van der Waals surface area contributed by atoms with Gasteiger partial charge in [-0.1, -0.05) is 12.8 Å². The number of methoxy groups -OCH3 is 1. The second-order valence-electron chi connectivity index (χ2n) is 11.4. The lowest BCUT2D eigenvalue weighted by molar-refractivity contribution is -0.143. The molecule has 0 aromatic heterocycles. The number of likely N-dealkylation sites (tertiary alicyclic amines) is 1. The molecule has 5 nitrogen and oxygen atoms in total. The van der Waals surface area contributed by atoms with Crippen LogP contribution in [0.3, 0.4) is 0 Å². The fourth-order valence-electron chi connectivity index (χ4n) is 5.94. The molecule has 2 aromatic carbocycles. The second kappa shape index (κ2) is 10.5. The van der Waals surface area contributed by atoms with Gasteiger partial charge in [-0.05, 0) is 68.1 Å². The van der Waals surface area contributed by atoms with Crippen LogP contribution >= 0.6 is 0 Å². The van der Waals surface area contributed by atoms with Gasteiger partial charge in [0.1, 0.15) is 17.6 Å². The Morgan fingerprint density at radius 2 is 1.75 bits per heavy atom. The zero-order valence-corrected chi connectivity index (χ0v) is 22.3. The fraction of sp³-hybridized carbons (Fsp3) is 0.552. The van der Waals surface area contributed by atoms with E-state index in [0.29, 0.717) is 50.5 Å². The van der Waals surface area contributed by atoms with Gasteiger partial charge in [0.25, 0.3) is 0 Å². The minimum absolute atomic E-state index is 0.0840. The van der Waals surface area contributed by atoms with Crippen LogP contribution in [0.2, 0.25) is 0 Å². The second-order valence-corrected chi connectivity index (χ2v) is 11.4. The molecule has 218 valence electrons. The van der Waals surface area contributed by atoms with Crippen LogP contribution in [0, 0.1) is 11.3 Å². The van der Waals surface area contributed by atoms with Crippen molar-refractivity contribution in [3.05, 3.63) is 58.1 Å². The standard InChI is InChI=1S/C29H32F6N2O3/c1-17-7-20-10-24(39-2)21(11-25(20)40-17)15-37-6-5-27(16-37,13-18-3-4-18)26(38)36-14-19-8-22(28(30,31)32)12-23(9-19)29(33,34)35/h8-12,17-18H,3-7,13-16H2,1-2H3,(H,36,38). The zero-order chi connectivity index (χ0) is 28.9. The molecule has 5 rings (SSSR count). The summed E-state index contributed by atoms with van der Waals surface area (Å²) in [5.41, 5.74) is -1.79. The van der Waals surface area contributed by atoms with E-state index in [2.05, 4.69) is 10.2 Å². The number of hydrogen-bond donors (Lipinski definition) is 1. The Balaban J connectivity index is 1.32. The topological polar surface area (TPSA) is 50.8 Å². The van der Waals surface area contributed by atoms with Gasteiger partial charge in [-0.25, -0.2) is 0 Å². The average molecular weight is 571 g/mol. The van der Waals surface area contributed by atoms with Crippen molar-refractivity contribution >= 4 is 5.91 Å². The van der Waals surface area contributed by atoms with Crippen molar-refractivity contribution in [3.8, 4) is 11.5 Å². The minimum atomic E-state index is -4.94. The first kappa shape index (κ1) is 28.6. The van der Waals surface area contributed by atoms with Gasteiger partial charge >= 0.3 is 12.4 Å². The third-order valence-electron chi connectivity index (χ3n) is 8.08. The van der Waals surface area contributed by atoms with Gasteiger partial charge in [-0.3, -0.25) is 9.69 Å². The number of fused-ring (bicyclic) bond motifs is 1. The molecule has 2 unspecified atom stereocenters. The summed E-state index contributed by atoms with van der Waals surface area (Å²) in [5.74, 6) is 1.61. The molecule has 1 aliphatic carbocycles. The van der Waals surface area contributed by atoms with Crippen molar-refractivity contribution in [3.63, 3.8) is 0 Å². The number of nitrogens with zero attached hydrogens (tertiary/aromatic N) is 1. The monoisotopic (exact) mass is 570 g/mol. The first-order valence-corrected chi connectivity index (χ1v) is 13.4. The molecule has 1 saturated carbocycles. The molecular formula is C29H32F6N2O3. The van der Waals surface area contributed by atoms with E-state index in [4.69, 9.17) is 9.47 Å². The SMILES string of the molecule is COc1cc2c(cc1CN1CCC(CC3CC3)(C(=O)NCc3cc(C(F)(F)F)cc(C(F)(F)F)c3)C1)OC(C)C2. The summed E-state index contributed by atoms with van der Waals surface area (Å²) < 4.78 is 91.2. The molecule has 11 heteroatoms. The number of halogens is 6. The third kappa shape index (κ3) is 6.19. The molecule has 0 radical (unpaired) electrons. The van der Waals surface area contributed by atoms with Crippen LogP contribution in [0.4, 0.5) is 26.3 Å². The normalized spacial score (nSPS) is 23.1. The third-order valence-corrected chi connectivity index (χ3v) is 8.08. The zero-order valence-electron chi connectivity index (χ0n) is 22.3. The summed E-state index contributed by atoms with van der Waals surface area (Å²) in [7, 11) is 1.61. The molecule has 2 fully saturated rings. The maximum atomic E-state index is 13.6. The van der Waals surface area contributed by atoms with E-state index in [1.165, 1.54) is 0 Å². The Morgan fingerprint density at radius 1 is 1.07 bits per heavy atom. The van der Waals surface area contributed by atoms with E-state index < -0.39 is 35.4 Å². The van der Waals surface area contributed by atoms with Crippen molar-refractivity contribution in [1.82, 2.24) is 10.2 Å². The highest BCUT2D eigenvalue weighted by atomic mass is 19.4. The summed E-state index contributed by atoms with van der Waals surface area (Å²) in [6.45, 7) is 3.16. The van der Waals surface area contributed by atoms with Crippen LogP contribution in [-0.4, -0.2) is 37.1 Å². The Hall–Kier alpha value is -2.95. The quantitative estimate of drug-likeness (QED) is 0.375. The first-order chi connectivity index (χ1) is 18.8. The number of alkyl halides is 6. The van der Waals surface area contributed by atoms with Crippen LogP contribution in [-0.2, 0) is 36.7 Å². The van der Waals surface area contributed by atoms with Crippen molar-refractivity contribution in [1.29, 1.82) is 0 Å². The van der Waals surface area contributed by atoms with Crippen molar-refractivity contribution < 1.29 is 40.6 Å². The Morgan fingerprint density at radius 3 is 2.35 bits per heavy atom. The Bertz CT molecular complexity index is 1240. The number of carbonyl (C=O) groups excluding carboxylic acids is 1. The van der Waals surface area contributed by atoms with Crippen LogP contribution < -0.4 is 14.8 Å². The molecule has 2 atom stereocenters. The largest absolute Gasteiger partial charge is 0.496 e. The number of benzene rings is 2. The lowest BCUT2D eigenvalue weighted by Gasteiger charge is -2.29. The predicted molar refractivity (Wildman–Crippen MR) is 135 cm³/mol. The van der Waals surface area contributed by atoms with E-state index in [0.717, 1.165) is 41.9 Å². The van der Waals surface area contributed by atoms with Gasteiger partial charge in [0.15, 0.2) is 0 Å². The van der Waals surface area contributed by atoms with E-state index in [1.54, 1.807) is 7.11 Å². The summed E-state index contributed by atoms with van der Waals surface area (Å²) in [6.07, 6.45) is -5.81. The molecule has 0 bridgehead atoms. The van der Waals surface area contributed by atoms with E-state index in [1.807, 2.05) is 19.1 Å². The molecule has 0 spiro atoms. The van der Waals surface area contributed by atoms with Gasteiger partial charge in [0.05, 0.1) is 23.7 Å².